The van der Waals surface area contributed by atoms with Crippen molar-refractivity contribution < 1.29 is 92.3 Å². The fourth-order valence-corrected chi connectivity index (χ4v) is 13.5. The number of nitrogens with zero attached hydrogens (tertiary/aromatic N) is 2. The molecule has 4 bridgehead atoms. The van der Waals surface area contributed by atoms with Gasteiger partial charge in [-0.05, 0) is 150 Å². The topological polar surface area (TPSA) is 316 Å². The quantitative estimate of drug-likeness (QED) is 0.0833. The molecule has 0 saturated carbocycles. The highest BCUT2D eigenvalue weighted by molar-refractivity contribution is 6.40. The molecule has 0 radical (unpaired) electrons. The number of halogens is 2. The second-order valence-corrected chi connectivity index (χ2v) is 25.7. The Morgan fingerprint density at radius 3 is 1.64 bits per heavy atom. The number of alkyl halides is 2. The molecule has 7 N–H and O–H groups in total. The number of piperidine rings is 2. The number of benzene rings is 2. The van der Waals surface area contributed by atoms with Gasteiger partial charge in [0.05, 0.1) is 40.2 Å². The van der Waals surface area contributed by atoms with Crippen molar-refractivity contribution in [1.29, 1.82) is 0 Å². The summed E-state index contributed by atoms with van der Waals surface area (Å²) >= 11 is 9.53. The number of carboxylic acids is 1. The van der Waals surface area contributed by atoms with Gasteiger partial charge in [0.25, 0.3) is 5.91 Å². The number of aryl methyl sites for hydroxylation is 1. The van der Waals surface area contributed by atoms with Crippen molar-refractivity contribution in [3.05, 3.63) is 75.8 Å². The lowest BCUT2D eigenvalue weighted by molar-refractivity contribution is -0.170. The van der Waals surface area contributed by atoms with Gasteiger partial charge in [0, 0.05) is 36.1 Å². The predicted molar refractivity (Wildman–Crippen MR) is 300 cm³/mol. The Bertz CT molecular complexity index is 3020. The lowest BCUT2D eigenvalue weighted by atomic mass is 9.50. The van der Waals surface area contributed by atoms with E-state index in [0.29, 0.717) is 32.2 Å². The normalized spacial score (nSPS) is 28.7. The first kappa shape index (κ1) is 63.8. The summed E-state index contributed by atoms with van der Waals surface area (Å²) < 4.78 is 40.0. The summed E-state index contributed by atoms with van der Waals surface area (Å²) in [5.74, 6) is -4.25. The number of ether oxygens (including phenoxy) is 7. The lowest BCUT2D eigenvalue weighted by Gasteiger charge is -2.61. The number of carbonyl (C=O) groups is 7. The number of amides is 2. The fourth-order valence-electron chi connectivity index (χ4n) is 13.5. The van der Waals surface area contributed by atoms with Crippen molar-refractivity contribution in [3.8, 4) is 17.2 Å². The molecule has 8 aliphatic rings. The van der Waals surface area contributed by atoms with Crippen LogP contribution in [0.2, 0.25) is 0 Å². The number of esters is 3. The van der Waals surface area contributed by atoms with Gasteiger partial charge in [-0.25, -0.2) is 14.4 Å². The monoisotopic (exact) mass is 1210 g/mol. The summed E-state index contributed by atoms with van der Waals surface area (Å²) in [4.78, 5) is 91.6. The number of hydrogen-bond donors (Lipinski definition) is 7. The molecular formula is C59H76Cl2N4O19. The Kier molecular flexibility index (Phi) is 17.9. The Morgan fingerprint density at radius 2 is 1.17 bits per heavy atom. The molecule has 23 nitrogen and oxygen atoms in total. The number of likely N-dealkylation sites (N-methyl/N-ethyl adjacent to an activating group) is 2. The van der Waals surface area contributed by atoms with Gasteiger partial charge in [-0.1, -0.05) is 18.2 Å². The summed E-state index contributed by atoms with van der Waals surface area (Å²) in [7, 11) is 3.99. The van der Waals surface area contributed by atoms with Gasteiger partial charge >= 0.3 is 30.0 Å². The summed E-state index contributed by atoms with van der Waals surface area (Å²) in [6, 6.07) is 4.82. The third-order valence-corrected chi connectivity index (χ3v) is 17.1. The van der Waals surface area contributed by atoms with Crippen LogP contribution < -0.4 is 20.1 Å². The van der Waals surface area contributed by atoms with E-state index in [-0.39, 0.29) is 53.3 Å². The van der Waals surface area contributed by atoms with Crippen LogP contribution in [0.25, 0.3) is 0 Å². The zero-order valence-electron chi connectivity index (χ0n) is 49.0. The molecule has 2 spiro atoms. The molecule has 0 unspecified atom stereocenters. The molecule has 2 aromatic rings. The van der Waals surface area contributed by atoms with Crippen LogP contribution in [-0.2, 0) is 76.1 Å². The minimum atomic E-state index is -1.81. The zero-order valence-corrected chi connectivity index (χ0v) is 50.5. The number of carbonyl (C=O) groups excluding carboxylic acids is 6. The van der Waals surface area contributed by atoms with E-state index in [2.05, 4.69) is 26.5 Å². The van der Waals surface area contributed by atoms with E-state index in [4.69, 9.17) is 61.5 Å². The van der Waals surface area contributed by atoms with E-state index in [1.807, 2.05) is 33.2 Å². The van der Waals surface area contributed by atoms with E-state index >= 15 is 0 Å². The first-order valence-electron chi connectivity index (χ1n) is 27.9. The molecule has 0 aromatic heterocycles. The molecule has 2 saturated heterocycles. The molecule has 2 aromatic carbocycles. The molecule has 12 atom stereocenters. The van der Waals surface area contributed by atoms with Crippen molar-refractivity contribution >= 4 is 65.0 Å². The number of aliphatic hydroxyl groups excluding tert-OH is 1. The number of nitrogens with one attached hydrogen (secondary N) is 2. The van der Waals surface area contributed by atoms with Crippen molar-refractivity contribution in [2.24, 2.45) is 0 Å². The summed E-state index contributed by atoms with van der Waals surface area (Å²) in [6.45, 7) is 16.0. The largest absolute Gasteiger partial charge is 0.509 e. The lowest BCUT2D eigenvalue weighted by Crippen LogP contribution is -2.74. The van der Waals surface area contributed by atoms with Crippen molar-refractivity contribution in [3.63, 3.8) is 0 Å². The number of aliphatic hydroxyl groups is 3. The van der Waals surface area contributed by atoms with E-state index in [0.717, 1.165) is 40.1 Å². The maximum atomic E-state index is 13.5. The van der Waals surface area contributed by atoms with Gasteiger partial charge in [-0.15, -0.1) is 23.2 Å². The van der Waals surface area contributed by atoms with Gasteiger partial charge in [0.2, 0.25) is 5.91 Å². The SMILES string of the molecule is C[C@H](NC(=O)[C@@H](O)CC(=O)O)C(=O)OC1=CC[C@@]2(O)[C@H]3Cc4ccc(O)c5c4[C@@]2(CCN3C)[C@H]1O5.Cc1ccc2c3c1O[C@H]1C(OC(=O)[C@H](C)NC(=O)[C@H](CC(=O)OC(C)(C)C)OC(=O)OC(C)(C)C)=CC[C@@]4(O)[C@@H](C2)N(C)CC[C@]314.ClCCl. The highest BCUT2D eigenvalue weighted by Gasteiger charge is 2.73. The average Bonchev–Trinajstić information content (AvgIpc) is 1.39. The molecule has 4 aliphatic heterocycles. The Morgan fingerprint density at radius 1 is 0.714 bits per heavy atom. The molecule has 2 fully saturated rings. The minimum absolute atomic E-state index is 0.0500. The maximum Gasteiger partial charge on any atom is 0.509 e. The molecule has 460 valence electrons. The van der Waals surface area contributed by atoms with Crippen LogP contribution in [0.3, 0.4) is 0 Å². The standard InChI is InChI=1S/C34H46N2O10.C24H28N2O9.CH2Cl2/c1-18-10-11-20-16-23-34(41)13-12-21(27-33(34,14-15-36(23)9)25(20)26(18)44-27)42-29(39)19(2)35-28(38)22(17-24(37)45-31(3,4)5)43-30(40)46-32(6,7)8;1-11(25-21(31)14(28)10-17(29)30)22(32)34-15-5-6-24(33)16-9-12-3-4-13(27)19-18(12)23(24,20(15)35-19)7-8-26(16)2;2-1-3/h10-12,19,22-23,27,41H,13-17H2,1-9H3,(H,35,38);3-5,11,14,16,20,27-28,33H,6-10H2,1-2H3,(H,25,31)(H,29,30);1H2/t19-,22-,23+,27-,33-,34+;11-,14-,16+,20-,23-,24+;/m00./s1. The van der Waals surface area contributed by atoms with E-state index in [1.165, 1.54) is 13.8 Å². The predicted octanol–water partition coefficient (Wildman–Crippen LogP) is 4.35. The number of hydrogen-bond acceptors (Lipinski definition) is 20. The second-order valence-electron chi connectivity index (χ2n) is 24.9. The highest BCUT2D eigenvalue weighted by atomic mass is 35.5. The third kappa shape index (κ3) is 11.5. The van der Waals surface area contributed by atoms with E-state index in [1.54, 1.807) is 59.8 Å². The molecule has 25 heteroatoms. The van der Waals surface area contributed by atoms with Crippen LogP contribution in [-0.4, -0.2) is 181 Å². The van der Waals surface area contributed by atoms with Gasteiger partial charge in [0.1, 0.15) is 46.7 Å². The van der Waals surface area contributed by atoms with Crippen LogP contribution in [0.15, 0.2) is 47.9 Å². The van der Waals surface area contributed by atoms with Crippen LogP contribution in [0.5, 0.6) is 17.2 Å². The minimum Gasteiger partial charge on any atom is -0.504 e. The molecule has 2 amide bonds. The van der Waals surface area contributed by atoms with Gasteiger partial charge in [0.15, 0.2) is 29.8 Å². The third-order valence-electron chi connectivity index (χ3n) is 17.1. The number of aromatic hydroxyl groups is 1. The van der Waals surface area contributed by atoms with Crippen molar-refractivity contribution in [1.82, 2.24) is 20.4 Å². The van der Waals surface area contributed by atoms with E-state index < -0.39 is 124 Å². The van der Waals surface area contributed by atoms with Crippen molar-refractivity contribution in [2.45, 2.75) is 195 Å². The number of likely N-dealkylation sites (tertiary alicyclic amines) is 2. The van der Waals surface area contributed by atoms with Gasteiger partial charge in [-0.3, -0.25) is 19.2 Å². The second kappa shape index (κ2) is 23.6. The summed E-state index contributed by atoms with van der Waals surface area (Å²) in [5.41, 5.74) is -0.993. The van der Waals surface area contributed by atoms with Gasteiger partial charge in [-0.2, -0.15) is 0 Å². The van der Waals surface area contributed by atoms with Crippen molar-refractivity contribution in [2.75, 3.05) is 32.5 Å². The van der Waals surface area contributed by atoms with Gasteiger partial charge < -0.3 is 79.1 Å². The molecular weight excluding hydrogens is 1140 g/mol. The first-order valence-corrected chi connectivity index (χ1v) is 29.0. The van der Waals surface area contributed by atoms with E-state index in [9.17, 15) is 54.0 Å². The molecule has 4 heterocycles. The number of phenols is 1. The average molecular weight is 1220 g/mol. The van der Waals surface area contributed by atoms with Crippen LogP contribution in [0, 0.1) is 6.92 Å². The molecule has 84 heavy (non-hydrogen) atoms. The molecule has 4 aliphatic carbocycles. The zero-order chi connectivity index (χ0) is 62.0. The Hall–Kier alpha value is -6.21. The fraction of sp³-hybridized carbons (Fsp3) is 0.610. The Labute approximate surface area is 496 Å². The smallest absolute Gasteiger partial charge is 0.504 e. The number of aliphatic carboxylic acids is 1. The number of phenolic OH excluding ortho intramolecular Hbond substituents is 1. The number of rotatable bonds is 13. The maximum absolute atomic E-state index is 13.5. The molecule has 10 rings (SSSR count). The summed E-state index contributed by atoms with van der Waals surface area (Å²) in [6.07, 6.45) is -1.35. The van der Waals surface area contributed by atoms with Crippen LogP contribution in [0.1, 0.15) is 122 Å². The highest BCUT2D eigenvalue weighted by Crippen LogP contribution is 2.66. The Balaban J connectivity index is 0.000000216. The van der Waals surface area contributed by atoms with Crippen LogP contribution >= 0.6 is 23.2 Å². The van der Waals surface area contributed by atoms with Crippen LogP contribution in [0.4, 0.5) is 4.79 Å². The summed E-state index contributed by atoms with van der Waals surface area (Å²) in [5, 5.41) is 58.3. The number of carboxylic acid groups (broad SMARTS) is 1. The first-order chi connectivity index (χ1) is 39.2.